The molecule has 1 aromatic heterocycles. The Morgan fingerprint density at radius 1 is 1.29 bits per heavy atom. The van der Waals surface area contributed by atoms with Crippen molar-refractivity contribution in [3.05, 3.63) is 16.4 Å². The molecule has 1 N–H and O–H groups in total. The van der Waals surface area contributed by atoms with Gasteiger partial charge in [-0.2, -0.15) is 5.10 Å². The number of nitrogens with zero attached hydrogens (tertiary/aromatic N) is 2. The van der Waals surface area contributed by atoms with E-state index in [0.29, 0.717) is 11.5 Å². The monoisotopic (exact) mass is 311 g/mol. The fourth-order valence-electron chi connectivity index (χ4n) is 4.06. The zero-order valence-corrected chi connectivity index (χ0v) is 14.8. The molecule has 1 saturated carbocycles. The summed E-state index contributed by atoms with van der Waals surface area (Å²) in [5.41, 5.74) is 2.70. The van der Waals surface area contributed by atoms with Crippen LogP contribution in [0.3, 0.4) is 0 Å². The molecule has 3 nitrogen and oxygen atoms in total. The van der Waals surface area contributed by atoms with Crippen molar-refractivity contribution in [1.82, 2.24) is 15.1 Å². The molecule has 21 heavy (non-hydrogen) atoms. The number of rotatable bonds is 7. The number of halogens is 1. The lowest BCUT2D eigenvalue weighted by Crippen LogP contribution is -2.44. The van der Waals surface area contributed by atoms with Gasteiger partial charge in [0.25, 0.3) is 0 Å². The summed E-state index contributed by atoms with van der Waals surface area (Å²) in [5.74, 6) is 0. The van der Waals surface area contributed by atoms with Gasteiger partial charge in [0.05, 0.1) is 16.4 Å². The van der Waals surface area contributed by atoms with Crippen molar-refractivity contribution >= 4 is 11.6 Å². The number of likely N-dealkylation sites (N-methyl/N-ethyl adjacent to an activating group) is 1. The molecule has 120 valence electrons. The second kappa shape index (κ2) is 7.15. The first-order chi connectivity index (χ1) is 10.1. The van der Waals surface area contributed by atoms with Crippen LogP contribution in [0.1, 0.15) is 64.3 Å². The molecule has 2 rings (SSSR count). The van der Waals surface area contributed by atoms with Gasteiger partial charge in [-0.15, -0.1) is 0 Å². The molecule has 0 bridgehead atoms. The van der Waals surface area contributed by atoms with Crippen LogP contribution in [0.15, 0.2) is 0 Å². The Bertz CT molecular complexity index is 461. The van der Waals surface area contributed by atoms with E-state index in [1.54, 1.807) is 0 Å². The third kappa shape index (κ3) is 3.14. The highest BCUT2D eigenvalue weighted by Gasteiger charge is 2.39. The van der Waals surface area contributed by atoms with E-state index in [2.05, 4.69) is 42.9 Å². The van der Waals surface area contributed by atoms with Crippen LogP contribution >= 0.6 is 11.6 Å². The van der Waals surface area contributed by atoms with Gasteiger partial charge in [0.2, 0.25) is 0 Å². The summed E-state index contributed by atoms with van der Waals surface area (Å²) in [5, 5.41) is 9.15. The summed E-state index contributed by atoms with van der Waals surface area (Å²) in [7, 11) is 2.10. The van der Waals surface area contributed by atoms with Gasteiger partial charge in [-0.3, -0.25) is 4.68 Å². The Kier molecular flexibility index (Phi) is 5.73. The van der Waals surface area contributed by atoms with Gasteiger partial charge in [0, 0.05) is 19.0 Å². The molecule has 0 saturated heterocycles. The molecule has 1 aliphatic carbocycles. The summed E-state index contributed by atoms with van der Waals surface area (Å²) in [6.07, 6.45) is 8.56. The van der Waals surface area contributed by atoms with E-state index in [4.69, 9.17) is 11.6 Å². The van der Waals surface area contributed by atoms with Crippen molar-refractivity contribution in [3.8, 4) is 0 Å². The smallest absolute Gasteiger partial charge is 0.0850 e. The molecule has 1 atom stereocenters. The van der Waals surface area contributed by atoms with Crippen LogP contribution in [0, 0.1) is 5.41 Å². The second-order valence-electron chi connectivity index (χ2n) is 6.35. The Hall–Kier alpha value is -0.540. The van der Waals surface area contributed by atoms with Crippen molar-refractivity contribution in [3.63, 3.8) is 0 Å². The predicted octanol–water partition coefficient (Wildman–Crippen LogP) is 4.22. The minimum Gasteiger partial charge on any atom is -0.316 e. The van der Waals surface area contributed by atoms with Crippen molar-refractivity contribution in [1.29, 1.82) is 0 Å². The van der Waals surface area contributed by atoms with Gasteiger partial charge in [0.1, 0.15) is 0 Å². The van der Waals surface area contributed by atoms with Crippen LogP contribution in [-0.4, -0.2) is 22.9 Å². The standard InChI is InChI=1S/C17H30ClN3/c1-5-13-16(18)14(21(7-3)20-13)12-15(19-4)17(6-2)10-8-9-11-17/h15,19H,5-12H2,1-4H3. The van der Waals surface area contributed by atoms with E-state index in [-0.39, 0.29) is 0 Å². The third-order valence-electron chi connectivity index (χ3n) is 5.48. The van der Waals surface area contributed by atoms with Crippen molar-refractivity contribution in [2.24, 2.45) is 5.41 Å². The summed E-state index contributed by atoms with van der Waals surface area (Å²) >= 11 is 6.59. The van der Waals surface area contributed by atoms with E-state index < -0.39 is 0 Å². The summed E-state index contributed by atoms with van der Waals surface area (Å²) in [4.78, 5) is 0. The van der Waals surface area contributed by atoms with Crippen LogP contribution < -0.4 is 5.32 Å². The molecule has 1 aliphatic rings. The molecule has 0 radical (unpaired) electrons. The largest absolute Gasteiger partial charge is 0.316 e. The molecule has 1 unspecified atom stereocenters. The van der Waals surface area contributed by atoms with Gasteiger partial charge < -0.3 is 5.32 Å². The molecular formula is C17H30ClN3. The van der Waals surface area contributed by atoms with Gasteiger partial charge in [-0.05, 0) is 45.1 Å². The molecule has 1 aromatic rings. The van der Waals surface area contributed by atoms with E-state index in [1.807, 2.05) is 0 Å². The van der Waals surface area contributed by atoms with Crippen molar-refractivity contribution in [2.75, 3.05) is 7.05 Å². The maximum Gasteiger partial charge on any atom is 0.0850 e. The lowest BCUT2D eigenvalue weighted by atomic mass is 9.74. The number of aromatic nitrogens is 2. The Morgan fingerprint density at radius 2 is 1.95 bits per heavy atom. The molecule has 1 heterocycles. The first kappa shape index (κ1) is 16.8. The van der Waals surface area contributed by atoms with Crippen LogP contribution in [0.5, 0.6) is 0 Å². The predicted molar refractivity (Wildman–Crippen MR) is 90.0 cm³/mol. The van der Waals surface area contributed by atoms with E-state index in [0.717, 1.165) is 30.1 Å². The minimum atomic E-state index is 0.438. The number of nitrogens with one attached hydrogen (secondary N) is 1. The molecule has 0 amide bonds. The fourth-order valence-corrected chi connectivity index (χ4v) is 4.40. The molecule has 4 heteroatoms. The first-order valence-electron chi connectivity index (χ1n) is 8.53. The number of aryl methyl sites for hydroxylation is 2. The Morgan fingerprint density at radius 3 is 2.43 bits per heavy atom. The fraction of sp³-hybridized carbons (Fsp3) is 0.824. The minimum absolute atomic E-state index is 0.438. The molecule has 0 spiro atoms. The van der Waals surface area contributed by atoms with Crippen LogP contribution in [0.25, 0.3) is 0 Å². The van der Waals surface area contributed by atoms with Crippen molar-refractivity contribution in [2.45, 2.75) is 78.3 Å². The lowest BCUT2D eigenvalue weighted by molar-refractivity contribution is 0.190. The van der Waals surface area contributed by atoms with Crippen LogP contribution in [0.4, 0.5) is 0 Å². The third-order valence-corrected chi connectivity index (χ3v) is 5.92. The maximum atomic E-state index is 6.59. The van der Waals surface area contributed by atoms with Gasteiger partial charge in [-0.1, -0.05) is 38.3 Å². The SMILES string of the molecule is CCc1nn(CC)c(CC(NC)C2(CC)CCCC2)c1Cl. The van der Waals surface area contributed by atoms with E-state index in [9.17, 15) is 0 Å². The topological polar surface area (TPSA) is 29.9 Å². The normalized spacial score (nSPS) is 19.1. The highest BCUT2D eigenvalue weighted by molar-refractivity contribution is 6.31. The molecular weight excluding hydrogens is 282 g/mol. The zero-order chi connectivity index (χ0) is 15.5. The maximum absolute atomic E-state index is 6.59. The number of hydrogen-bond acceptors (Lipinski definition) is 2. The first-order valence-corrected chi connectivity index (χ1v) is 8.91. The zero-order valence-electron chi connectivity index (χ0n) is 14.0. The van der Waals surface area contributed by atoms with E-state index >= 15 is 0 Å². The Balaban J connectivity index is 2.28. The van der Waals surface area contributed by atoms with E-state index in [1.165, 1.54) is 37.8 Å². The molecule has 0 aliphatic heterocycles. The van der Waals surface area contributed by atoms with Gasteiger partial charge in [-0.25, -0.2) is 0 Å². The average Bonchev–Trinajstić information content (AvgIpc) is 3.10. The van der Waals surface area contributed by atoms with Gasteiger partial charge >= 0.3 is 0 Å². The second-order valence-corrected chi connectivity index (χ2v) is 6.72. The van der Waals surface area contributed by atoms with Gasteiger partial charge in [0.15, 0.2) is 0 Å². The quantitative estimate of drug-likeness (QED) is 0.817. The summed E-state index contributed by atoms with van der Waals surface area (Å²) in [6, 6.07) is 0.495. The molecule has 1 fully saturated rings. The number of hydrogen-bond donors (Lipinski definition) is 1. The lowest BCUT2D eigenvalue weighted by Gasteiger charge is -2.37. The van der Waals surface area contributed by atoms with Crippen molar-refractivity contribution < 1.29 is 0 Å². The van der Waals surface area contributed by atoms with Crippen LogP contribution in [-0.2, 0) is 19.4 Å². The highest BCUT2D eigenvalue weighted by atomic mass is 35.5. The Labute approximate surface area is 134 Å². The highest BCUT2D eigenvalue weighted by Crippen LogP contribution is 2.45. The molecule has 0 aromatic carbocycles. The summed E-state index contributed by atoms with van der Waals surface area (Å²) in [6.45, 7) is 7.50. The average molecular weight is 312 g/mol. The summed E-state index contributed by atoms with van der Waals surface area (Å²) < 4.78 is 2.10. The van der Waals surface area contributed by atoms with Crippen LogP contribution in [0.2, 0.25) is 5.02 Å².